The smallest absolute Gasteiger partial charge is 0.300 e. The number of benzene rings is 3. The third-order valence-electron chi connectivity index (χ3n) is 6.30. The van der Waals surface area contributed by atoms with Crippen molar-refractivity contribution in [2.24, 2.45) is 0 Å². The van der Waals surface area contributed by atoms with Crippen LogP contribution in [0.2, 0.25) is 0 Å². The number of unbranched alkanes of at least 4 members (excludes halogenated alkanes) is 2. The molecule has 1 saturated heterocycles. The number of hydrogen-bond donors (Lipinski definition) is 1. The fourth-order valence-electron chi connectivity index (χ4n) is 4.39. The molecule has 1 aliphatic rings. The molecule has 1 fully saturated rings. The van der Waals surface area contributed by atoms with Gasteiger partial charge in [-0.1, -0.05) is 38.0 Å². The second-order valence-corrected chi connectivity index (χ2v) is 8.65. The van der Waals surface area contributed by atoms with Gasteiger partial charge in [0.05, 0.1) is 37.0 Å². The van der Waals surface area contributed by atoms with Crippen molar-refractivity contribution >= 4 is 23.1 Å². The maximum atomic E-state index is 13.4. The van der Waals surface area contributed by atoms with Crippen molar-refractivity contribution in [3.8, 4) is 17.6 Å². The third kappa shape index (κ3) is 5.19. The summed E-state index contributed by atoms with van der Waals surface area (Å²) in [5, 5.41) is 20.5. The summed E-state index contributed by atoms with van der Waals surface area (Å²) >= 11 is 0. The van der Waals surface area contributed by atoms with Crippen molar-refractivity contribution in [3.63, 3.8) is 0 Å². The quantitative estimate of drug-likeness (QED) is 0.175. The monoisotopic (exact) mass is 496 g/mol. The highest BCUT2D eigenvalue weighted by Gasteiger charge is 2.47. The first-order chi connectivity index (χ1) is 18.0. The average molecular weight is 497 g/mol. The van der Waals surface area contributed by atoms with E-state index in [1.807, 2.05) is 6.07 Å². The van der Waals surface area contributed by atoms with E-state index in [-0.39, 0.29) is 11.3 Å². The first kappa shape index (κ1) is 25.5. The van der Waals surface area contributed by atoms with Gasteiger partial charge in [-0.2, -0.15) is 5.26 Å². The lowest BCUT2D eigenvalue weighted by molar-refractivity contribution is -0.132. The molecule has 4 rings (SSSR count). The maximum Gasteiger partial charge on any atom is 0.300 e. The molecule has 0 aliphatic carbocycles. The molecule has 3 aromatic rings. The van der Waals surface area contributed by atoms with Crippen LogP contribution in [0.25, 0.3) is 5.76 Å². The molecule has 0 aromatic heterocycles. The Kier molecular flexibility index (Phi) is 7.89. The van der Waals surface area contributed by atoms with Crippen molar-refractivity contribution in [2.75, 3.05) is 18.6 Å². The number of aliphatic hydroxyl groups excluding tert-OH is 1. The molecule has 1 N–H and O–H groups in total. The number of nitrogens with zero attached hydrogens (tertiary/aromatic N) is 2. The van der Waals surface area contributed by atoms with Crippen molar-refractivity contribution < 1.29 is 24.2 Å². The third-order valence-corrected chi connectivity index (χ3v) is 6.30. The number of amides is 1. The normalized spacial score (nSPS) is 16.5. The number of anilines is 1. The highest BCUT2D eigenvalue weighted by Crippen LogP contribution is 2.44. The molecule has 0 radical (unpaired) electrons. The lowest BCUT2D eigenvalue weighted by Crippen LogP contribution is -2.29. The number of carbonyl (C=O) groups is 2. The Morgan fingerprint density at radius 3 is 2.35 bits per heavy atom. The van der Waals surface area contributed by atoms with Crippen LogP contribution in [-0.2, 0) is 9.59 Å². The minimum absolute atomic E-state index is 0.0459. The van der Waals surface area contributed by atoms with Gasteiger partial charge in [0.15, 0.2) is 0 Å². The number of ether oxygens (including phenoxy) is 2. The molecule has 37 heavy (non-hydrogen) atoms. The molecule has 1 unspecified atom stereocenters. The van der Waals surface area contributed by atoms with Gasteiger partial charge < -0.3 is 14.6 Å². The summed E-state index contributed by atoms with van der Waals surface area (Å²) in [5.74, 6) is -0.750. The van der Waals surface area contributed by atoms with E-state index in [0.29, 0.717) is 40.5 Å². The number of ketones is 1. The largest absolute Gasteiger partial charge is 0.507 e. The van der Waals surface area contributed by atoms with E-state index in [1.165, 1.54) is 12.0 Å². The first-order valence-electron chi connectivity index (χ1n) is 12.2. The van der Waals surface area contributed by atoms with Gasteiger partial charge >= 0.3 is 0 Å². The number of Topliss-reactive ketones (excluding diaryl/α,β-unsaturated/α-hetero) is 1. The minimum atomic E-state index is -0.936. The van der Waals surface area contributed by atoms with Gasteiger partial charge in [0.25, 0.3) is 11.7 Å². The van der Waals surface area contributed by atoms with Gasteiger partial charge in [-0.25, -0.2) is 0 Å². The van der Waals surface area contributed by atoms with Gasteiger partial charge in [-0.05, 0) is 61.0 Å². The van der Waals surface area contributed by atoms with Crippen LogP contribution in [0.15, 0.2) is 78.4 Å². The molecular weight excluding hydrogens is 468 g/mol. The predicted molar refractivity (Wildman–Crippen MR) is 140 cm³/mol. The summed E-state index contributed by atoms with van der Waals surface area (Å²) in [5.41, 5.74) is 1.73. The Hall–Kier alpha value is -4.57. The van der Waals surface area contributed by atoms with Gasteiger partial charge in [0.2, 0.25) is 0 Å². The number of carbonyl (C=O) groups excluding carboxylic acids is 2. The van der Waals surface area contributed by atoms with Crippen molar-refractivity contribution in [1.82, 2.24) is 0 Å². The topological polar surface area (TPSA) is 99.9 Å². The average Bonchev–Trinajstić information content (AvgIpc) is 3.20. The van der Waals surface area contributed by atoms with Gasteiger partial charge in [-0.3, -0.25) is 14.5 Å². The molecule has 188 valence electrons. The highest BCUT2D eigenvalue weighted by molar-refractivity contribution is 6.51. The zero-order valence-electron chi connectivity index (χ0n) is 20.8. The molecule has 1 amide bonds. The molecule has 1 aliphatic heterocycles. The summed E-state index contributed by atoms with van der Waals surface area (Å²) in [6.07, 6.45) is 3.14. The van der Waals surface area contributed by atoms with E-state index in [4.69, 9.17) is 14.7 Å². The standard InChI is InChI=1S/C30H28N2O5/c1-3-4-7-18-37-23-16-12-21(13-17-23)28(33)26-27(24-8-5-6-9-25(24)36-2)32(30(35)29(26)34)22-14-10-20(19-31)11-15-22/h5-6,8-17,27,33H,3-4,7,18H2,1-2H3/b28-26-. The lowest BCUT2D eigenvalue weighted by Gasteiger charge is -2.26. The fraction of sp³-hybridized carbons (Fsp3) is 0.233. The summed E-state index contributed by atoms with van der Waals surface area (Å²) in [6, 6.07) is 21.3. The summed E-state index contributed by atoms with van der Waals surface area (Å²) in [6.45, 7) is 2.73. The lowest BCUT2D eigenvalue weighted by atomic mass is 9.94. The Balaban J connectivity index is 1.79. The van der Waals surface area contributed by atoms with Crippen molar-refractivity contribution in [3.05, 3.63) is 95.1 Å². The number of para-hydroxylation sites is 1. The zero-order valence-corrected chi connectivity index (χ0v) is 20.8. The number of nitriles is 1. The second kappa shape index (κ2) is 11.4. The molecule has 1 heterocycles. The van der Waals surface area contributed by atoms with Gasteiger partial charge in [0, 0.05) is 16.8 Å². The second-order valence-electron chi connectivity index (χ2n) is 8.65. The van der Waals surface area contributed by atoms with E-state index < -0.39 is 17.7 Å². The van der Waals surface area contributed by atoms with Gasteiger partial charge in [-0.15, -0.1) is 0 Å². The molecule has 7 heteroatoms. The molecule has 1 atom stereocenters. The van der Waals surface area contributed by atoms with Gasteiger partial charge in [0.1, 0.15) is 17.3 Å². The van der Waals surface area contributed by atoms with E-state index in [0.717, 1.165) is 19.3 Å². The molecular formula is C30H28N2O5. The number of methoxy groups -OCH3 is 1. The van der Waals surface area contributed by atoms with Crippen LogP contribution in [0, 0.1) is 11.3 Å². The van der Waals surface area contributed by atoms with E-state index in [9.17, 15) is 14.7 Å². The van der Waals surface area contributed by atoms with Crippen molar-refractivity contribution in [2.45, 2.75) is 32.2 Å². The van der Waals surface area contributed by atoms with E-state index in [2.05, 4.69) is 6.92 Å². The zero-order chi connectivity index (χ0) is 26.4. The predicted octanol–water partition coefficient (Wildman–Crippen LogP) is 5.76. The fourth-order valence-corrected chi connectivity index (χ4v) is 4.39. The van der Waals surface area contributed by atoms with Crippen LogP contribution in [0.5, 0.6) is 11.5 Å². The van der Waals surface area contributed by atoms with Crippen LogP contribution in [-0.4, -0.2) is 30.5 Å². The Morgan fingerprint density at radius 2 is 1.70 bits per heavy atom. The van der Waals surface area contributed by atoms with Crippen LogP contribution < -0.4 is 14.4 Å². The number of aliphatic hydroxyl groups is 1. The van der Waals surface area contributed by atoms with E-state index >= 15 is 0 Å². The van der Waals surface area contributed by atoms with Crippen molar-refractivity contribution in [1.29, 1.82) is 5.26 Å². The van der Waals surface area contributed by atoms with Crippen LogP contribution in [0.3, 0.4) is 0 Å². The Labute approximate surface area is 216 Å². The molecule has 0 spiro atoms. The molecule has 3 aromatic carbocycles. The van der Waals surface area contributed by atoms with Crippen LogP contribution in [0.4, 0.5) is 5.69 Å². The summed E-state index contributed by atoms with van der Waals surface area (Å²) < 4.78 is 11.3. The maximum absolute atomic E-state index is 13.4. The Bertz CT molecular complexity index is 1350. The summed E-state index contributed by atoms with van der Waals surface area (Å²) in [7, 11) is 1.51. The first-order valence-corrected chi connectivity index (χ1v) is 12.2. The molecule has 0 bridgehead atoms. The van der Waals surface area contributed by atoms with Crippen LogP contribution in [0.1, 0.15) is 48.9 Å². The molecule has 0 saturated carbocycles. The van der Waals surface area contributed by atoms with Crippen LogP contribution >= 0.6 is 0 Å². The minimum Gasteiger partial charge on any atom is -0.507 e. The number of rotatable bonds is 9. The molecule has 7 nitrogen and oxygen atoms in total. The highest BCUT2D eigenvalue weighted by atomic mass is 16.5. The summed E-state index contributed by atoms with van der Waals surface area (Å²) in [4.78, 5) is 28.0. The SMILES string of the molecule is CCCCCOc1ccc(/C(O)=C2/C(=O)C(=O)N(c3ccc(C#N)cc3)C2c2ccccc2OC)cc1. The van der Waals surface area contributed by atoms with E-state index in [1.54, 1.807) is 72.8 Å². The number of hydrogen-bond acceptors (Lipinski definition) is 6. The Morgan fingerprint density at radius 1 is 1.00 bits per heavy atom.